The van der Waals surface area contributed by atoms with Gasteiger partial charge >= 0.3 is 0 Å². The standard InChI is InChI=1S/C26H27Cl2N3O4S/c1-18-8-7-9-20(14-18)16-30(19(2)26(33)29-3)25(32)17-31(21-12-13-23(27)24(28)15-21)36(34,35)22-10-5-4-6-11-22/h4-15,19H,16-17H2,1-3H3,(H,29,33). The molecular weight excluding hydrogens is 521 g/mol. The Hall–Kier alpha value is -3.07. The number of nitrogens with zero attached hydrogens (tertiary/aromatic N) is 2. The quantitative estimate of drug-likeness (QED) is 0.422. The maximum absolute atomic E-state index is 13.7. The minimum atomic E-state index is -4.16. The SMILES string of the molecule is CNC(=O)C(C)N(Cc1cccc(C)c1)C(=O)CN(c1ccc(Cl)c(Cl)c1)S(=O)(=O)c1ccccc1. The van der Waals surface area contributed by atoms with Crippen molar-refractivity contribution in [3.05, 3.63) is 94.0 Å². The number of anilines is 1. The highest BCUT2D eigenvalue weighted by atomic mass is 35.5. The summed E-state index contributed by atoms with van der Waals surface area (Å²) in [5.41, 5.74) is 1.98. The minimum absolute atomic E-state index is 0.00783. The van der Waals surface area contributed by atoms with Gasteiger partial charge in [0.2, 0.25) is 11.8 Å². The van der Waals surface area contributed by atoms with Crippen LogP contribution >= 0.6 is 23.2 Å². The van der Waals surface area contributed by atoms with Gasteiger partial charge in [-0.2, -0.15) is 0 Å². The van der Waals surface area contributed by atoms with Gasteiger partial charge in [0, 0.05) is 13.6 Å². The van der Waals surface area contributed by atoms with Gasteiger partial charge in [0.25, 0.3) is 10.0 Å². The van der Waals surface area contributed by atoms with Crippen LogP contribution in [-0.2, 0) is 26.2 Å². The van der Waals surface area contributed by atoms with Crippen LogP contribution in [-0.4, -0.2) is 44.8 Å². The van der Waals surface area contributed by atoms with E-state index >= 15 is 0 Å². The summed E-state index contributed by atoms with van der Waals surface area (Å²) < 4.78 is 28.3. The van der Waals surface area contributed by atoms with Gasteiger partial charge in [0.05, 0.1) is 20.6 Å². The van der Waals surface area contributed by atoms with Gasteiger partial charge in [0.15, 0.2) is 0 Å². The normalized spacial score (nSPS) is 12.0. The topological polar surface area (TPSA) is 86.8 Å². The van der Waals surface area contributed by atoms with Crippen molar-refractivity contribution in [2.75, 3.05) is 17.9 Å². The van der Waals surface area contributed by atoms with Gasteiger partial charge in [-0.25, -0.2) is 8.42 Å². The molecule has 0 aliphatic heterocycles. The van der Waals surface area contributed by atoms with E-state index in [0.717, 1.165) is 15.4 Å². The number of aryl methyl sites for hydroxylation is 1. The van der Waals surface area contributed by atoms with Crippen LogP contribution in [0.25, 0.3) is 0 Å². The largest absolute Gasteiger partial charge is 0.357 e. The Bertz CT molecular complexity index is 1350. The average Bonchev–Trinajstić information content (AvgIpc) is 2.87. The molecule has 7 nitrogen and oxygen atoms in total. The van der Waals surface area contributed by atoms with Crippen LogP contribution < -0.4 is 9.62 Å². The first-order chi connectivity index (χ1) is 17.0. The molecule has 36 heavy (non-hydrogen) atoms. The van der Waals surface area contributed by atoms with E-state index in [0.29, 0.717) is 0 Å². The fourth-order valence-corrected chi connectivity index (χ4v) is 5.41. The molecule has 190 valence electrons. The van der Waals surface area contributed by atoms with Crippen molar-refractivity contribution < 1.29 is 18.0 Å². The molecule has 1 N–H and O–H groups in total. The summed E-state index contributed by atoms with van der Waals surface area (Å²) in [5.74, 6) is -0.929. The molecule has 0 spiro atoms. The maximum Gasteiger partial charge on any atom is 0.264 e. The third-order valence-electron chi connectivity index (χ3n) is 5.65. The molecule has 0 heterocycles. The summed E-state index contributed by atoms with van der Waals surface area (Å²) in [4.78, 5) is 27.6. The molecule has 0 aromatic heterocycles. The Kier molecular flexibility index (Phi) is 9.00. The van der Waals surface area contributed by atoms with Crippen LogP contribution in [0.2, 0.25) is 10.0 Å². The predicted molar refractivity (Wildman–Crippen MR) is 143 cm³/mol. The molecular formula is C26H27Cl2N3O4S. The van der Waals surface area contributed by atoms with E-state index in [-0.39, 0.29) is 33.1 Å². The van der Waals surface area contributed by atoms with Crippen LogP contribution in [0, 0.1) is 6.92 Å². The summed E-state index contributed by atoms with van der Waals surface area (Å²) in [6.07, 6.45) is 0. The minimum Gasteiger partial charge on any atom is -0.357 e. The van der Waals surface area contributed by atoms with Crippen molar-refractivity contribution in [1.29, 1.82) is 0 Å². The molecule has 10 heteroatoms. The van der Waals surface area contributed by atoms with Crippen molar-refractivity contribution in [2.45, 2.75) is 31.3 Å². The van der Waals surface area contributed by atoms with Gasteiger partial charge in [-0.15, -0.1) is 0 Å². The van der Waals surface area contributed by atoms with Crippen LogP contribution in [0.3, 0.4) is 0 Å². The molecule has 2 amide bonds. The molecule has 0 aliphatic carbocycles. The van der Waals surface area contributed by atoms with Crippen LogP contribution in [0.4, 0.5) is 5.69 Å². The number of carbonyl (C=O) groups is 2. The maximum atomic E-state index is 13.7. The summed E-state index contributed by atoms with van der Waals surface area (Å²) in [7, 11) is -2.68. The zero-order valence-electron chi connectivity index (χ0n) is 20.1. The Labute approximate surface area is 221 Å². The Morgan fingerprint density at radius 3 is 2.25 bits per heavy atom. The van der Waals surface area contributed by atoms with E-state index in [9.17, 15) is 18.0 Å². The van der Waals surface area contributed by atoms with Crippen molar-refractivity contribution in [3.63, 3.8) is 0 Å². The van der Waals surface area contributed by atoms with Crippen LogP contribution in [0.15, 0.2) is 77.7 Å². The van der Waals surface area contributed by atoms with Crippen LogP contribution in [0.5, 0.6) is 0 Å². The summed E-state index contributed by atoms with van der Waals surface area (Å²) in [5, 5.41) is 2.95. The van der Waals surface area contributed by atoms with E-state index in [1.54, 1.807) is 25.1 Å². The van der Waals surface area contributed by atoms with Gasteiger partial charge in [-0.05, 0) is 49.7 Å². The smallest absolute Gasteiger partial charge is 0.264 e. The lowest BCUT2D eigenvalue weighted by atomic mass is 10.1. The van der Waals surface area contributed by atoms with E-state index in [1.165, 1.54) is 42.3 Å². The third kappa shape index (κ3) is 6.37. The monoisotopic (exact) mass is 547 g/mol. The fourth-order valence-electron chi connectivity index (χ4n) is 3.69. The first kappa shape index (κ1) is 27.5. The summed E-state index contributed by atoms with van der Waals surface area (Å²) in [6.45, 7) is 3.09. The lowest BCUT2D eigenvalue weighted by Gasteiger charge is -2.32. The number of amides is 2. The second-order valence-corrected chi connectivity index (χ2v) is 10.9. The van der Waals surface area contributed by atoms with Crippen molar-refractivity contribution in [2.24, 2.45) is 0 Å². The molecule has 0 radical (unpaired) electrons. The highest BCUT2D eigenvalue weighted by Crippen LogP contribution is 2.30. The third-order valence-corrected chi connectivity index (χ3v) is 8.18. The number of carbonyl (C=O) groups excluding carboxylic acids is 2. The summed E-state index contributed by atoms with van der Waals surface area (Å²) in [6, 6.07) is 18.8. The molecule has 1 unspecified atom stereocenters. The summed E-state index contributed by atoms with van der Waals surface area (Å²) >= 11 is 12.2. The van der Waals surface area contributed by atoms with E-state index in [4.69, 9.17) is 23.2 Å². The number of sulfonamides is 1. The van der Waals surface area contributed by atoms with Crippen LogP contribution in [0.1, 0.15) is 18.1 Å². The molecule has 1 atom stereocenters. The van der Waals surface area contributed by atoms with Gasteiger partial charge < -0.3 is 10.2 Å². The zero-order valence-corrected chi connectivity index (χ0v) is 22.4. The van der Waals surface area contributed by atoms with Crippen molar-refractivity contribution in [3.8, 4) is 0 Å². The molecule has 0 saturated carbocycles. The Balaban J connectivity index is 2.05. The van der Waals surface area contributed by atoms with E-state index in [1.807, 2.05) is 31.2 Å². The fraction of sp³-hybridized carbons (Fsp3) is 0.231. The number of likely N-dealkylation sites (N-methyl/N-ethyl adjacent to an activating group) is 1. The predicted octanol–water partition coefficient (Wildman–Crippen LogP) is 4.66. The van der Waals surface area contributed by atoms with E-state index < -0.39 is 28.5 Å². The molecule has 0 fully saturated rings. The average molecular weight is 548 g/mol. The molecule has 0 saturated heterocycles. The lowest BCUT2D eigenvalue weighted by Crippen LogP contribution is -2.50. The number of benzene rings is 3. The number of rotatable bonds is 9. The number of hydrogen-bond donors (Lipinski definition) is 1. The highest BCUT2D eigenvalue weighted by molar-refractivity contribution is 7.92. The van der Waals surface area contributed by atoms with Crippen molar-refractivity contribution >= 4 is 50.7 Å². The molecule has 0 aliphatic rings. The first-order valence-electron chi connectivity index (χ1n) is 11.1. The zero-order chi connectivity index (χ0) is 26.5. The second-order valence-electron chi connectivity index (χ2n) is 8.22. The van der Waals surface area contributed by atoms with Gasteiger partial charge in [0.1, 0.15) is 12.6 Å². The Morgan fingerprint density at radius 1 is 0.944 bits per heavy atom. The molecule has 3 rings (SSSR count). The number of halogens is 2. The number of hydrogen-bond acceptors (Lipinski definition) is 4. The molecule has 0 bridgehead atoms. The van der Waals surface area contributed by atoms with Gasteiger partial charge in [-0.3, -0.25) is 13.9 Å². The lowest BCUT2D eigenvalue weighted by molar-refractivity contribution is -0.139. The Morgan fingerprint density at radius 2 is 1.64 bits per heavy atom. The first-order valence-corrected chi connectivity index (χ1v) is 13.3. The number of nitrogens with one attached hydrogen (secondary N) is 1. The van der Waals surface area contributed by atoms with Crippen molar-refractivity contribution in [1.82, 2.24) is 10.2 Å². The second kappa shape index (κ2) is 11.8. The van der Waals surface area contributed by atoms with Gasteiger partial charge in [-0.1, -0.05) is 71.2 Å². The molecule has 3 aromatic carbocycles. The molecule has 3 aromatic rings. The van der Waals surface area contributed by atoms with E-state index in [2.05, 4.69) is 5.32 Å². The highest BCUT2D eigenvalue weighted by Gasteiger charge is 2.32.